The fourth-order valence-corrected chi connectivity index (χ4v) is 5.78. The fourth-order valence-electron chi connectivity index (χ4n) is 5.78. The fraction of sp³-hybridized carbons (Fsp3) is 0.457. The molecular formula is C35H43FN2O4. The van der Waals surface area contributed by atoms with E-state index in [4.69, 9.17) is 14.2 Å². The van der Waals surface area contributed by atoms with E-state index in [2.05, 4.69) is 35.3 Å². The standard InChI is InChI=1S/C35H43FN2O4/c1-6-26-10-7-8-13-31(26)41-21-25-18-27(20-28(19-25)38-16-14-35(15-17-38)22-40-23-35)30-12-9-11-29(32(30)36)24(2)37-33(39)42-34(3,4)5/h7-13,18-20,24H,6,14-17,21-23H2,1-5H3,(H,37,39). The van der Waals surface area contributed by atoms with Crippen molar-refractivity contribution in [2.24, 2.45) is 5.41 Å². The molecule has 1 amide bonds. The summed E-state index contributed by atoms with van der Waals surface area (Å²) in [6, 6.07) is 19.1. The van der Waals surface area contributed by atoms with E-state index in [-0.39, 0.29) is 5.82 Å². The molecule has 42 heavy (non-hydrogen) atoms. The maximum absolute atomic E-state index is 16.2. The summed E-state index contributed by atoms with van der Waals surface area (Å²) in [5, 5.41) is 2.78. The second kappa shape index (κ2) is 12.3. The van der Waals surface area contributed by atoms with Crippen molar-refractivity contribution in [1.29, 1.82) is 0 Å². The molecule has 0 aromatic heterocycles. The number of hydrogen-bond acceptors (Lipinski definition) is 5. The van der Waals surface area contributed by atoms with Gasteiger partial charge in [-0.1, -0.05) is 43.3 Å². The Hall–Kier alpha value is -3.58. The van der Waals surface area contributed by atoms with Crippen LogP contribution >= 0.6 is 0 Å². The Morgan fingerprint density at radius 2 is 1.81 bits per heavy atom. The van der Waals surface area contributed by atoms with E-state index in [1.807, 2.05) is 30.3 Å². The quantitative estimate of drug-likeness (QED) is 0.297. The summed E-state index contributed by atoms with van der Waals surface area (Å²) >= 11 is 0. The first-order chi connectivity index (χ1) is 20.1. The second-order valence-electron chi connectivity index (χ2n) is 12.7. The number of carbonyl (C=O) groups excluding carboxylic acids is 1. The zero-order valence-corrected chi connectivity index (χ0v) is 25.5. The number of halogens is 1. The highest BCUT2D eigenvalue weighted by Crippen LogP contribution is 2.40. The van der Waals surface area contributed by atoms with E-state index < -0.39 is 17.7 Å². The average molecular weight is 575 g/mol. The minimum Gasteiger partial charge on any atom is -0.489 e. The van der Waals surface area contributed by atoms with Crippen molar-refractivity contribution in [1.82, 2.24) is 5.32 Å². The van der Waals surface area contributed by atoms with Crippen LogP contribution in [0.4, 0.5) is 14.9 Å². The number of ether oxygens (including phenoxy) is 3. The van der Waals surface area contributed by atoms with E-state index in [0.717, 1.165) is 73.7 Å². The molecule has 0 radical (unpaired) electrons. The Morgan fingerprint density at radius 1 is 1.07 bits per heavy atom. The molecule has 0 bridgehead atoms. The number of hydrogen-bond donors (Lipinski definition) is 1. The van der Waals surface area contributed by atoms with Crippen molar-refractivity contribution in [3.05, 3.63) is 83.2 Å². The van der Waals surface area contributed by atoms with Crippen molar-refractivity contribution in [2.75, 3.05) is 31.2 Å². The lowest BCUT2D eigenvalue weighted by molar-refractivity contribution is -0.124. The third kappa shape index (κ3) is 6.89. The predicted molar refractivity (Wildman–Crippen MR) is 164 cm³/mol. The van der Waals surface area contributed by atoms with Gasteiger partial charge < -0.3 is 24.4 Å². The third-order valence-corrected chi connectivity index (χ3v) is 8.27. The maximum Gasteiger partial charge on any atom is 0.408 e. The Bertz CT molecular complexity index is 1400. The molecule has 0 saturated carbocycles. The van der Waals surface area contributed by atoms with Gasteiger partial charge in [0.25, 0.3) is 0 Å². The molecule has 1 spiro atoms. The molecule has 2 fully saturated rings. The Balaban J connectivity index is 1.44. The van der Waals surface area contributed by atoms with Crippen LogP contribution in [-0.4, -0.2) is 38.0 Å². The number of anilines is 1. The highest BCUT2D eigenvalue weighted by molar-refractivity contribution is 5.72. The largest absolute Gasteiger partial charge is 0.489 e. The lowest BCUT2D eigenvalue weighted by Crippen LogP contribution is -2.50. The molecule has 2 aliphatic rings. The summed E-state index contributed by atoms with van der Waals surface area (Å²) in [6.45, 7) is 13.2. The first-order valence-corrected chi connectivity index (χ1v) is 15.0. The number of para-hydroxylation sites is 1. The number of benzene rings is 3. The number of rotatable bonds is 8. The van der Waals surface area contributed by atoms with Gasteiger partial charge in [-0.2, -0.15) is 0 Å². The number of alkyl carbamates (subject to hydrolysis) is 1. The van der Waals surface area contributed by atoms with Crippen LogP contribution in [0, 0.1) is 11.2 Å². The minimum atomic E-state index is -0.638. The molecule has 1 unspecified atom stereocenters. The van der Waals surface area contributed by atoms with Crippen LogP contribution in [0.5, 0.6) is 5.75 Å². The summed E-state index contributed by atoms with van der Waals surface area (Å²) in [5.41, 5.74) is 4.56. The number of nitrogens with one attached hydrogen (secondary N) is 1. The van der Waals surface area contributed by atoms with Crippen molar-refractivity contribution in [3.63, 3.8) is 0 Å². The van der Waals surface area contributed by atoms with Crippen molar-refractivity contribution < 1.29 is 23.4 Å². The topological polar surface area (TPSA) is 60.0 Å². The summed E-state index contributed by atoms with van der Waals surface area (Å²) in [4.78, 5) is 14.8. The van der Waals surface area contributed by atoms with Gasteiger partial charge in [0.05, 0.1) is 19.3 Å². The minimum absolute atomic E-state index is 0.321. The van der Waals surface area contributed by atoms with Gasteiger partial charge in [0.2, 0.25) is 0 Å². The Labute approximate surface area is 249 Å². The third-order valence-electron chi connectivity index (χ3n) is 8.27. The molecule has 7 heteroatoms. The molecule has 5 rings (SSSR count). The molecular weight excluding hydrogens is 531 g/mol. The molecule has 1 atom stereocenters. The molecule has 6 nitrogen and oxygen atoms in total. The van der Waals surface area contributed by atoms with Gasteiger partial charge in [-0.25, -0.2) is 9.18 Å². The Morgan fingerprint density at radius 3 is 2.48 bits per heavy atom. The van der Waals surface area contributed by atoms with Crippen LogP contribution in [0.2, 0.25) is 0 Å². The van der Waals surface area contributed by atoms with Crippen molar-refractivity contribution in [3.8, 4) is 16.9 Å². The molecule has 2 aliphatic heterocycles. The molecule has 2 heterocycles. The first-order valence-electron chi connectivity index (χ1n) is 15.0. The SMILES string of the molecule is CCc1ccccc1OCc1cc(-c2cccc(C(C)NC(=O)OC(C)(C)C)c2F)cc(N2CCC3(CC2)COC3)c1. The van der Waals surface area contributed by atoms with Crippen molar-refractivity contribution in [2.45, 2.75) is 72.1 Å². The van der Waals surface area contributed by atoms with Gasteiger partial charge in [-0.15, -0.1) is 0 Å². The first kappa shape index (κ1) is 29.9. The highest BCUT2D eigenvalue weighted by atomic mass is 19.1. The lowest BCUT2D eigenvalue weighted by Gasteiger charge is -2.48. The van der Waals surface area contributed by atoms with Gasteiger partial charge in [0, 0.05) is 35.3 Å². The van der Waals surface area contributed by atoms with Gasteiger partial charge in [-0.3, -0.25) is 0 Å². The van der Waals surface area contributed by atoms with Gasteiger partial charge in [-0.05, 0) is 87.9 Å². The number of aryl methyl sites for hydroxylation is 1. The number of nitrogens with zero attached hydrogens (tertiary/aromatic N) is 1. The van der Waals surface area contributed by atoms with Gasteiger partial charge in [0.1, 0.15) is 23.8 Å². The summed E-state index contributed by atoms with van der Waals surface area (Å²) in [5.74, 6) is 0.512. The molecule has 3 aromatic carbocycles. The number of amides is 1. The summed E-state index contributed by atoms with van der Waals surface area (Å²) in [7, 11) is 0. The van der Waals surface area contributed by atoms with Crippen LogP contribution in [0.1, 0.15) is 70.2 Å². The van der Waals surface area contributed by atoms with Gasteiger partial charge >= 0.3 is 6.09 Å². The van der Waals surface area contributed by atoms with Crippen molar-refractivity contribution >= 4 is 11.8 Å². The van der Waals surface area contributed by atoms with Crippen LogP contribution in [0.3, 0.4) is 0 Å². The predicted octanol–water partition coefficient (Wildman–Crippen LogP) is 7.84. The monoisotopic (exact) mass is 574 g/mol. The highest BCUT2D eigenvalue weighted by Gasteiger charge is 2.41. The number of piperidine rings is 1. The Kier molecular flexibility index (Phi) is 8.78. The van der Waals surface area contributed by atoms with E-state index >= 15 is 4.39 Å². The van der Waals surface area contributed by atoms with Crippen LogP contribution < -0.4 is 15.0 Å². The second-order valence-corrected chi connectivity index (χ2v) is 12.7. The van der Waals surface area contributed by atoms with E-state index in [9.17, 15) is 4.79 Å². The van der Waals surface area contributed by atoms with Crippen LogP contribution in [0.15, 0.2) is 60.7 Å². The van der Waals surface area contributed by atoms with E-state index in [0.29, 0.717) is 23.1 Å². The van der Waals surface area contributed by atoms with Crippen LogP contribution in [0.25, 0.3) is 11.1 Å². The van der Waals surface area contributed by atoms with E-state index in [1.165, 1.54) is 0 Å². The van der Waals surface area contributed by atoms with E-state index in [1.54, 1.807) is 39.8 Å². The molecule has 224 valence electrons. The molecule has 2 saturated heterocycles. The molecule has 0 aliphatic carbocycles. The maximum atomic E-state index is 16.2. The zero-order chi connectivity index (χ0) is 29.9. The lowest BCUT2D eigenvalue weighted by atomic mass is 9.76. The van der Waals surface area contributed by atoms with Gasteiger partial charge in [0.15, 0.2) is 0 Å². The summed E-state index contributed by atoms with van der Waals surface area (Å²) < 4.78 is 33.4. The zero-order valence-electron chi connectivity index (χ0n) is 25.5. The molecule has 3 aromatic rings. The smallest absolute Gasteiger partial charge is 0.408 e. The average Bonchev–Trinajstić information content (AvgIpc) is 2.94. The normalized spacial score (nSPS) is 17.0. The number of carbonyl (C=O) groups is 1. The summed E-state index contributed by atoms with van der Waals surface area (Å²) in [6.07, 6.45) is 2.48. The molecule has 1 N–H and O–H groups in total. The van der Waals surface area contributed by atoms with Crippen LogP contribution in [-0.2, 0) is 22.5 Å².